The second-order valence-corrected chi connectivity index (χ2v) is 6.85. The zero-order valence-electron chi connectivity index (χ0n) is 14.4. The molecule has 2 aliphatic rings. The topological polar surface area (TPSA) is 50.2 Å². The quantitative estimate of drug-likeness (QED) is 0.841. The number of carbonyl (C=O) groups is 1. The monoisotopic (exact) mass is 400 g/mol. The van der Waals surface area contributed by atoms with Crippen molar-refractivity contribution in [3.8, 4) is 5.69 Å². The zero-order chi connectivity index (χ0) is 18.3. The van der Waals surface area contributed by atoms with Gasteiger partial charge in [-0.25, -0.2) is 4.68 Å². The molecule has 2 fully saturated rings. The molecule has 1 N–H and O–H groups in total. The first-order valence-electron chi connectivity index (χ1n) is 8.69. The van der Waals surface area contributed by atoms with Gasteiger partial charge >= 0.3 is 6.18 Å². The van der Waals surface area contributed by atoms with Crippen LogP contribution in [0.3, 0.4) is 0 Å². The molecular formula is C18H20ClF3N4O. The summed E-state index contributed by atoms with van der Waals surface area (Å²) >= 11 is 0. The van der Waals surface area contributed by atoms with Gasteiger partial charge in [0.05, 0.1) is 11.9 Å². The lowest BCUT2D eigenvalue weighted by molar-refractivity contribution is -0.142. The van der Waals surface area contributed by atoms with E-state index in [9.17, 15) is 18.0 Å². The standard InChI is InChI=1S/C18H19F3N4O.ClH/c19-18(20,21)16-6-8-22-25(16)15-3-1-2-12(10-15)17(26)24-9-7-13-4-5-14(11-24)23-13;/h1-3,6,8,10,13-14,23H,4-5,7,9,11H2;1H. The SMILES string of the molecule is Cl.O=C(c1cccc(-n2nccc2C(F)(F)F)c1)N1CCC2CCC(C1)N2. The molecular weight excluding hydrogens is 381 g/mol. The van der Waals surface area contributed by atoms with Crippen LogP contribution in [-0.2, 0) is 6.18 Å². The lowest BCUT2D eigenvalue weighted by Gasteiger charge is -2.24. The molecule has 1 amide bonds. The molecule has 2 unspecified atom stereocenters. The second kappa shape index (κ2) is 7.52. The van der Waals surface area contributed by atoms with Crippen molar-refractivity contribution in [3.63, 3.8) is 0 Å². The van der Waals surface area contributed by atoms with Gasteiger partial charge in [0.25, 0.3) is 5.91 Å². The van der Waals surface area contributed by atoms with Gasteiger partial charge in [-0.05, 0) is 43.5 Å². The smallest absolute Gasteiger partial charge is 0.337 e. The van der Waals surface area contributed by atoms with E-state index in [0.717, 1.165) is 36.2 Å². The van der Waals surface area contributed by atoms with Crippen molar-refractivity contribution in [2.45, 2.75) is 37.5 Å². The number of likely N-dealkylation sites (tertiary alicyclic amines) is 1. The normalized spacial score (nSPS) is 22.3. The van der Waals surface area contributed by atoms with E-state index in [0.29, 0.717) is 30.7 Å². The predicted octanol–water partition coefficient (Wildman–Crippen LogP) is 3.28. The summed E-state index contributed by atoms with van der Waals surface area (Å²) in [6.45, 7) is 1.29. The fourth-order valence-corrected chi connectivity index (χ4v) is 3.80. The Bertz CT molecular complexity index is 823. The highest BCUT2D eigenvalue weighted by atomic mass is 35.5. The molecule has 0 radical (unpaired) electrons. The average Bonchev–Trinajstić information content (AvgIpc) is 3.21. The maximum Gasteiger partial charge on any atom is 0.433 e. The molecule has 2 saturated heterocycles. The Hall–Kier alpha value is -2.06. The van der Waals surface area contributed by atoms with Crippen molar-refractivity contribution in [2.75, 3.05) is 13.1 Å². The summed E-state index contributed by atoms with van der Waals surface area (Å²) in [5.74, 6) is -0.151. The minimum Gasteiger partial charge on any atom is -0.337 e. The summed E-state index contributed by atoms with van der Waals surface area (Å²) in [5, 5.41) is 7.29. The fraction of sp³-hybridized carbons (Fsp3) is 0.444. The number of nitrogens with zero attached hydrogens (tertiary/aromatic N) is 3. The molecule has 0 aliphatic carbocycles. The summed E-state index contributed by atoms with van der Waals surface area (Å²) in [6, 6.07) is 7.91. The van der Waals surface area contributed by atoms with Crippen LogP contribution >= 0.6 is 12.4 Å². The Morgan fingerprint density at radius 2 is 1.93 bits per heavy atom. The fourth-order valence-electron chi connectivity index (χ4n) is 3.80. The van der Waals surface area contributed by atoms with E-state index < -0.39 is 11.9 Å². The highest BCUT2D eigenvalue weighted by Gasteiger charge is 2.35. The molecule has 1 aromatic heterocycles. The molecule has 5 nitrogen and oxygen atoms in total. The summed E-state index contributed by atoms with van der Waals surface area (Å²) < 4.78 is 40.1. The molecule has 3 heterocycles. The van der Waals surface area contributed by atoms with E-state index in [-0.39, 0.29) is 24.0 Å². The van der Waals surface area contributed by atoms with Crippen LogP contribution in [0.5, 0.6) is 0 Å². The number of halogens is 4. The lowest BCUT2D eigenvalue weighted by atomic mass is 10.1. The van der Waals surface area contributed by atoms with Crippen molar-refractivity contribution in [2.24, 2.45) is 0 Å². The molecule has 2 atom stereocenters. The summed E-state index contributed by atoms with van der Waals surface area (Å²) in [5.41, 5.74) is -0.259. The van der Waals surface area contributed by atoms with Crippen LogP contribution in [0.4, 0.5) is 13.2 Å². The van der Waals surface area contributed by atoms with Crippen molar-refractivity contribution in [1.82, 2.24) is 20.0 Å². The third kappa shape index (κ3) is 3.96. The first-order valence-corrected chi connectivity index (χ1v) is 8.69. The van der Waals surface area contributed by atoms with Crippen LogP contribution < -0.4 is 5.32 Å². The van der Waals surface area contributed by atoms with Gasteiger partial charge in [0, 0.05) is 30.7 Å². The van der Waals surface area contributed by atoms with Gasteiger partial charge in [-0.1, -0.05) is 6.07 Å². The summed E-state index contributed by atoms with van der Waals surface area (Å²) in [7, 11) is 0. The zero-order valence-corrected chi connectivity index (χ0v) is 15.3. The van der Waals surface area contributed by atoms with E-state index in [2.05, 4.69) is 10.4 Å². The molecule has 0 spiro atoms. The number of fused-ring (bicyclic) bond motifs is 2. The third-order valence-corrected chi connectivity index (χ3v) is 5.08. The number of hydrogen-bond donors (Lipinski definition) is 1. The second-order valence-electron chi connectivity index (χ2n) is 6.85. The maximum absolute atomic E-state index is 13.1. The van der Waals surface area contributed by atoms with Crippen LogP contribution in [0.25, 0.3) is 5.69 Å². The Kier molecular flexibility index (Phi) is 5.48. The first-order chi connectivity index (χ1) is 12.4. The highest BCUT2D eigenvalue weighted by molar-refractivity contribution is 5.94. The van der Waals surface area contributed by atoms with Crippen LogP contribution in [0.1, 0.15) is 35.3 Å². The van der Waals surface area contributed by atoms with Gasteiger partial charge in [0.1, 0.15) is 5.69 Å². The molecule has 0 saturated carbocycles. The highest BCUT2D eigenvalue weighted by Crippen LogP contribution is 2.30. The molecule has 146 valence electrons. The molecule has 4 rings (SSSR count). The number of rotatable bonds is 2. The largest absolute Gasteiger partial charge is 0.433 e. The van der Waals surface area contributed by atoms with Gasteiger partial charge in [-0.2, -0.15) is 18.3 Å². The number of hydrogen-bond acceptors (Lipinski definition) is 3. The maximum atomic E-state index is 13.1. The van der Waals surface area contributed by atoms with Gasteiger partial charge in [-0.3, -0.25) is 4.79 Å². The molecule has 9 heteroatoms. The van der Waals surface area contributed by atoms with Gasteiger partial charge < -0.3 is 10.2 Å². The van der Waals surface area contributed by atoms with Crippen LogP contribution in [-0.4, -0.2) is 45.8 Å². The number of carbonyl (C=O) groups excluding carboxylic acids is 1. The number of benzene rings is 1. The first kappa shape index (κ1) is 19.7. The number of nitrogens with one attached hydrogen (secondary N) is 1. The molecule has 2 aromatic rings. The van der Waals surface area contributed by atoms with Crippen LogP contribution in [0, 0.1) is 0 Å². The summed E-state index contributed by atoms with van der Waals surface area (Å²) in [4.78, 5) is 14.7. The average molecular weight is 401 g/mol. The van der Waals surface area contributed by atoms with Gasteiger partial charge in [0.15, 0.2) is 0 Å². The Morgan fingerprint density at radius 3 is 2.70 bits per heavy atom. The van der Waals surface area contributed by atoms with Crippen molar-refractivity contribution >= 4 is 18.3 Å². The van der Waals surface area contributed by atoms with Gasteiger partial charge in [-0.15, -0.1) is 12.4 Å². The Labute approximate surface area is 160 Å². The summed E-state index contributed by atoms with van der Waals surface area (Å²) in [6.07, 6.45) is -0.307. The lowest BCUT2D eigenvalue weighted by Crippen LogP contribution is -2.39. The van der Waals surface area contributed by atoms with Gasteiger partial charge in [0.2, 0.25) is 0 Å². The minimum absolute atomic E-state index is 0. The van der Waals surface area contributed by atoms with Crippen molar-refractivity contribution in [1.29, 1.82) is 0 Å². The number of amides is 1. The molecule has 27 heavy (non-hydrogen) atoms. The van der Waals surface area contributed by atoms with E-state index in [4.69, 9.17) is 0 Å². The molecule has 1 aromatic carbocycles. The van der Waals surface area contributed by atoms with E-state index >= 15 is 0 Å². The van der Waals surface area contributed by atoms with Crippen LogP contribution in [0.15, 0.2) is 36.5 Å². The Balaban J connectivity index is 0.00000210. The Morgan fingerprint density at radius 1 is 1.15 bits per heavy atom. The van der Waals surface area contributed by atoms with E-state index in [1.807, 2.05) is 0 Å². The molecule has 2 bridgehead atoms. The number of alkyl halides is 3. The van der Waals surface area contributed by atoms with Crippen LogP contribution in [0.2, 0.25) is 0 Å². The molecule has 2 aliphatic heterocycles. The number of aromatic nitrogens is 2. The van der Waals surface area contributed by atoms with E-state index in [1.54, 1.807) is 17.0 Å². The minimum atomic E-state index is -4.51. The van der Waals surface area contributed by atoms with E-state index in [1.165, 1.54) is 12.1 Å². The van der Waals surface area contributed by atoms with Crippen molar-refractivity contribution < 1.29 is 18.0 Å². The predicted molar refractivity (Wildman–Crippen MR) is 96.3 cm³/mol. The van der Waals surface area contributed by atoms with Crippen molar-refractivity contribution in [3.05, 3.63) is 47.8 Å². The third-order valence-electron chi connectivity index (χ3n) is 5.08.